The Labute approximate surface area is 254 Å². The predicted molar refractivity (Wildman–Crippen MR) is 183 cm³/mol. The maximum Gasteiger partial charge on any atom is 0.136 e. The van der Waals surface area contributed by atoms with E-state index >= 15 is 0 Å². The average molecular weight is 551 g/mol. The van der Waals surface area contributed by atoms with E-state index in [1.54, 1.807) is 0 Å². The first-order chi connectivity index (χ1) is 23.0. The highest BCUT2D eigenvalue weighted by atomic mass is 16.3. The topological polar surface area (TPSA) is 13.1 Å². The van der Waals surface area contributed by atoms with Gasteiger partial charge in [-0.2, -0.15) is 0 Å². The number of rotatable bonds is 3. The van der Waals surface area contributed by atoms with Crippen LogP contribution in [0, 0.1) is 0 Å². The highest BCUT2D eigenvalue weighted by Crippen LogP contribution is 2.48. The van der Waals surface area contributed by atoms with Crippen LogP contribution in [-0.2, 0) is 0 Å². The zero-order valence-electron chi connectivity index (χ0n) is 27.1. The molecule has 0 N–H and O–H groups in total. The molecule has 0 bridgehead atoms. The highest BCUT2D eigenvalue weighted by Gasteiger charge is 2.22. The summed E-state index contributed by atoms with van der Waals surface area (Å²) in [5, 5.41) is 8.23. The molecule has 0 saturated carbocycles. The van der Waals surface area contributed by atoms with E-state index in [1.807, 2.05) is 66.7 Å². The lowest BCUT2D eigenvalue weighted by atomic mass is 9.83. The zero-order chi connectivity index (χ0) is 31.8. The zero-order valence-corrected chi connectivity index (χ0v) is 23.1. The maximum absolute atomic E-state index is 9.28. The number of hydrogen-bond acceptors (Lipinski definition) is 1. The largest absolute Gasteiger partial charge is 0.456 e. The van der Waals surface area contributed by atoms with E-state index in [9.17, 15) is 1.37 Å². The molecule has 1 aromatic heterocycles. The molecule has 9 rings (SSSR count). The van der Waals surface area contributed by atoms with Gasteiger partial charge in [-0.05, 0) is 77.8 Å². The normalized spacial score (nSPS) is 13.0. The van der Waals surface area contributed by atoms with E-state index in [4.69, 9.17) is 8.53 Å². The van der Waals surface area contributed by atoms with Crippen molar-refractivity contribution in [2.24, 2.45) is 0 Å². The van der Waals surface area contributed by atoms with Gasteiger partial charge in [-0.1, -0.05) is 145 Å². The molecule has 1 nitrogen and oxygen atoms in total. The van der Waals surface area contributed by atoms with Gasteiger partial charge in [-0.15, -0.1) is 0 Å². The van der Waals surface area contributed by atoms with E-state index in [2.05, 4.69) is 66.7 Å². The second kappa shape index (κ2) is 9.44. The van der Waals surface area contributed by atoms with Crippen molar-refractivity contribution in [3.63, 3.8) is 0 Å². The summed E-state index contributed by atoms with van der Waals surface area (Å²) in [5.41, 5.74) is 6.29. The molecule has 9 aromatic rings. The van der Waals surface area contributed by atoms with E-state index in [0.29, 0.717) is 11.1 Å². The molecule has 43 heavy (non-hydrogen) atoms. The van der Waals surface area contributed by atoms with Gasteiger partial charge >= 0.3 is 0 Å². The molecule has 1 heterocycles. The molecule has 0 aliphatic rings. The lowest BCUT2D eigenvalue weighted by molar-refractivity contribution is 0.669. The lowest BCUT2D eigenvalue weighted by Gasteiger charge is -2.20. The van der Waals surface area contributed by atoms with Crippen molar-refractivity contribution in [3.05, 3.63) is 158 Å². The monoisotopic (exact) mass is 550 g/mol. The van der Waals surface area contributed by atoms with Gasteiger partial charge in [0.1, 0.15) is 11.2 Å². The molecule has 8 aromatic carbocycles. The van der Waals surface area contributed by atoms with E-state index < -0.39 is 0 Å². The third-order valence-corrected chi connectivity index (χ3v) is 8.59. The molecule has 200 valence electrons. The number of hydrogen-bond donors (Lipinski definition) is 0. The van der Waals surface area contributed by atoms with E-state index in [0.717, 1.165) is 76.5 Å². The summed E-state index contributed by atoms with van der Waals surface area (Å²) < 4.78 is 42.1. The van der Waals surface area contributed by atoms with Crippen LogP contribution in [0.25, 0.3) is 87.6 Å². The first kappa shape index (κ1) is 20.3. The molecule has 0 fully saturated rings. The molecular formula is C42H26O. The highest BCUT2D eigenvalue weighted by molar-refractivity contribution is 6.28. The Morgan fingerprint density at radius 2 is 0.953 bits per heavy atom. The Balaban J connectivity index is 1.49. The summed E-state index contributed by atoms with van der Waals surface area (Å²) in [5.74, 6) is 0. The molecule has 0 saturated heterocycles. The van der Waals surface area contributed by atoms with Crippen LogP contribution in [0.2, 0.25) is 0 Å². The Hall–Kier alpha value is -5.66. The second-order valence-corrected chi connectivity index (χ2v) is 10.9. The van der Waals surface area contributed by atoms with Crippen LogP contribution in [0.4, 0.5) is 0 Å². The Morgan fingerprint density at radius 1 is 0.395 bits per heavy atom. The maximum atomic E-state index is 9.28. The molecule has 0 spiro atoms. The number of benzene rings is 8. The number of fused-ring (bicyclic) bond motifs is 7. The first-order valence-corrected chi connectivity index (χ1v) is 14.5. The van der Waals surface area contributed by atoms with Crippen molar-refractivity contribution in [3.8, 4) is 33.4 Å². The fourth-order valence-corrected chi connectivity index (χ4v) is 6.80. The summed E-state index contributed by atoms with van der Waals surface area (Å²) in [4.78, 5) is 0. The van der Waals surface area contributed by atoms with Gasteiger partial charge in [0.25, 0.3) is 0 Å². The summed E-state index contributed by atoms with van der Waals surface area (Å²) >= 11 is 0. The van der Waals surface area contributed by atoms with Gasteiger partial charge in [-0.3, -0.25) is 0 Å². The summed E-state index contributed by atoms with van der Waals surface area (Å²) in [7, 11) is 0. The fourth-order valence-electron chi connectivity index (χ4n) is 6.80. The molecule has 0 unspecified atom stereocenters. The van der Waals surface area contributed by atoms with Crippen LogP contribution in [0.1, 0.15) is 5.48 Å². The minimum Gasteiger partial charge on any atom is -0.456 e. The fraction of sp³-hybridized carbons (Fsp3) is 0. The van der Waals surface area contributed by atoms with Gasteiger partial charge in [0.15, 0.2) is 0 Å². The van der Waals surface area contributed by atoms with Crippen molar-refractivity contribution >= 4 is 54.3 Å². The van der Waals surface area contributed by atoms with Crippen molar-refractivity contribution in [2.45, 2.75) is 0 Å². The van der Waals surface area contributed by atoms with Gasteiger partial charge in [0.2, 0.25) is 0 Å². The minimum atomic E-state index is -0.247. The Bertz CT molecular complexity index is 2670. The average Bonchev–Trinajstić information content (AvgIpc) is 3.51. The van der Waals surface area contributed by atoms with Crippen molar-refractivity contribution in [2.75, 3.05) is 0 Å². The quantitative estimate of drug-likeness (QED) is 0.199. The van der Waals surface area contributed by atoms with Crippen molar-refractivity contribution < 1.29 is 9.90 Å². The minimum absolute atomic E-state index is 0.0500. The first-order valence-electron chi connectivity index (χ1n) is 16.5. The van der Waals surface area contributed by atoms with Gasteiger partial charge in [0, 0.05) is 10.8 Å². The molecular weight excluding hydrogens is 520 g/mol. The van der Waals surface area contributed by atoms with Crippen molar-refractivity contribution in [1.29, 1.82) is 0 Å². The van der Waals surface area contributed by atoms with Crippen LogP contribution in [-0.4, -0.2) is 0 Å². The Morgan fingerprint density at radius 3 is 1.65 bits per heavy atom. The van der Waals surface area contributed by atoms with Gasteiger partial charge in [-0.25, -0.2) is 0 Å². The molecule has 0 aliphatic heterocycles. The third-order valence-electron chi connectivity index (χ3n) is 8.59. The summed E-state index contributed by atoms with van der Waals surface area (Å²) in [6.45, 7) is 0. The van der Waals surface area contributed by atoms with E-state index in [-0.39, 0.29) is 24.2 Å². The molecule has 0 radical (unpaired) electrons. The molecule has 0 atom stereocenters. The van der Waals surface area contributed by atoms with Crippen LogP contribution in [0.3, 0.4) is 0 Å². The molecule has 1 heteroatoms. The SMILES string of the molecule is [2H]c1c([2H])c([2H])c(-c2c3ccccc3c(-c3cccc4oc5ccc6ccccc6c5c34)c3ccccc23)c(-c2ccccc2)c1[2H]. The van der Waals surface area contributed by atoms with Gasteiger partial charge in [0.05, 0.1) is 5.48 Å². The van der Waals surface area contributed by atoms with Crippen molar-refractivity contribution in [1.82, 2.24) is 0 Å². The molecule has 0 amide bonds. The summed E-state index contributed by atoms with van der Waals surface area (Å²) in [6, 6.07) is 44.2. The summed E-state index contributed by atoms with van der Waals surface area (Å²) in [6.07, 6.45) is 0. The smallest absolute Gasteiger partial charge is 0.136 e. The van der Waals surface area contributed by atoms with Crippen LogP contribution in [0.15, 0.2) is 162 Å². The third kappa shape index (κ3) is 3.58. The lowest BCUT2D eigenvalue weighted by Crippen LogP contribution is -1.93. The van der Waals surface area contributed by atoms with Crippen LogP contribution in [0.5, 0.6) is 0 Å². The van der Waals surface area contributed by atoms with E-state index in [1.165, 1.54) is 0 Å². The standard InChI is InChI=1S/C42H26O/c1-2-13-27(14-3-1)29-16-6-7-18-31(29)39-32-19-8-10-21-34(32)40(35-22-11-9-20-33(35)39)36-23-12-24-37-42(36)41-30-17-5-4-15-28(30)25-26-38(41)43-37/h1-26H/i6D,7D,16D,18D. The molecule has 0 aliphatic carbocycles. The predicted octanol–water partition coefficient (Wildman–Crippen LogP) is 12.0. The number of furan rings is 1. The van der Waals surface area contributed by atoms with Gasteiger partial charge < -0.3 is 4.42 Å². The Kier molecular flexibility index (Phi) is 4.45. The van der Waals surface area contributed by atoms with Crippen LogP contribution < -0.4 is 0 Å². The van der Waals surface area contributed by atoms with Crippen LogP contribution >= 0.6 is 0 Å². The second-order valence-electron chi connectivity index (χ2n) is 10.9.